The molecule has 0 atom stereocenters. The fourth-order valence-electron chi connectivity index (χ4n) is 2.12. The molecule has 0 aliphatic rings. The van der Waals surface area contributed by atoms with Crippen molar-refractivity contribution in [2.24, 2.45) is 0 Å². The minimum atomic E-state index is -2.70. The van der Waals surface area contributed by atoms with Crippen molar-refractivity contribution in [2.75, 3.05) is 11.9 Å². The molecule has 3 aromatic rings. The normalized spacial score (nSPS) is 11.3. The minimum absolute atomic E-state index is 0.409. The van der Waals surface area contributed by atoms with E-state index >= 15 is 0 Å². The van der Waals surface area contributed by atoms with Crippen LogP contribution >= 0.6 is 15.9 Å². The summed E-state index contributed by atoms with van der Waals surface area (Å²) in [6, 6.07) is 10.7. The molecule has 0 radical (unpaired) electrons. The van der Waals surface area contributed by atoms with Crippen molar-refractivity contribution in [2.45, 2.75) is 12.8 Å². The molecule has 0 bridgehead atoms. The number of fused-ring (bicyclic) bond motifs is 1. The average molecular weight is 368 g/mol. The van der Waals surface area contributed by atoms with Gasteiger partial charge in [0.15, 0.2) is 10.5 Å². The van der Waals surface area contributed by atoms with Gasteiger partial charge < -0.3 is 9.73 Å². The molecule has 1 N–H and O–H groups in total. The summed E-state index contributed by atoms with van der Waals surface area (Å²) in [7, 11) is 0. The molecule has 0 aliphatic heterocycles. The third-order valence-corrected chi connectivity index (χ3v) is 3.53. The predicted octanol–water partition coefficient (Wildman–Crippen LogP) is 4.58. The van der Waals surface area contributed by atoms with Crippen LogP contribution in [-0.4, -0.2) is 16.5 Å². The van der Waals surface area contributed by atoms with Gasteiger partial charge in [0.1, 0.15) is 11.6 Å². The first-order valence-corrected chi connectivity index (χ1v) is 7.45. The molecular formula is C15H12BrF2N3O. The van der Waals surface area contributed by atoms with Crippen LogP contribution < -0.4 is 5.32 Å². The zero-order valence-corrected chi connectivity index (χ0v) is 13.0. The Morgan fingerprint density at radius 1 is 1.14 bits per heavy atom. The first-order chi connectivity index (χ1) is 10.6. The Labute approximate surface area is 133 Å². The van der Waals surface area contributed by atoms with Crippen LogP contribution in [0, 0.1) is 0 Å². The summed E-state index contributed by atoms with van der Waals surface area (Å²) in [5.74, 6) is 0.736. The Hall–Kier alpha value is -2.02. The van der Waals surface area contributed by atoms with E-state index in [0.29, 0.717) is 34.4 Å². The highest BCUT2D eigenvalue weighted by Gasteiger charge is 2.14. The molecule has 7 heteroatoms. The summed E-state index contributed by atoms with van der Waals surface area (Å²) in [4.78, 5) is 7.80. The second-order valence-electron chi connectivity index (χ2n) is 4.63. The van der Waals surface area contributed by atoms with Gasteiger partial charge in [-0.3, -0.25) is 0 Å². The van der Waals surface area contributed by atoms with Crippen molar-refractivity contribution in [1.29, 1.82) is 0 Å². The van der Waals surface area contributed by atoms with Gasteiger partial charge in [0, 0.05) is 18.4 Å². The Bertz CT molecular complexity index is 791. The largest absolute Gasteiger partial charge is 0.454 e. The van der Waals surface area contributed by atoms with Gasteiger partial charge in [0.2, 0.25) is 0 Å². The molecule has 0 saturated carbocycles. The molecule has 0 spiro atoms. The van der Waals surface area contributed by atoms with E-state index in [-0.39, 0.29) is 0 Å². The predicted molar refractivity (Wildman–Crippen MR) is 83.1 cm³/mol. The lowest BCUT2D eigenvalue weighted by atomic mass is 10.2. The lowest BCUT2D eigenvalue weighted by Gasteiger charge is -2.10. The molecule has 0 aliphatic carbocycles. The standard InChI is InChI=1S/C15H12BrF2N3O/c16-12-6-5-9(22-12)7-8-19-14-10-3-1-2-4-11(10)20-15(21-14)13(17)18/h1-6,13H,7-8H2,(H,19,20,21). The maximum absolute atomic E-state index is 12.9. The molecule has 1 aromatic carbocycles. The second-order valence-corrected chi connectivity index (χ2v) is 5.41. The van der Waals surface area contributed by atoms with Crippen molar-refractivity contribution in [3.63, 3.8) is 0 Å². The Kier molecular flexibility index (Phi) is 4.33. The zero-order valence-electron chi connectivity index (χ0n) is 11.4. The van der Waals surface area contributed by atoms with E-state index in [1.54, 1.807) is 18.2 Å². The average Bonchev–Trinajstić information content (AvgIpc) is 2.92. The zero-order chi connectivity index (χ0) is 15.5. The third-order valence-electron chi connectivity index (χ3n) is 3.11. The summed E-state index contributed by atoms with van der Waals surface area (Å²) in [5, 5.41) is 3.80. The van der Waals surface area contributed by atoms with Crippen LogP contribution in [0.1, 0.15) is 18.0 Å². The SMILES string of the molecule is FC(F)c1nc(NCCc2ccc(Br)o2)c2ccccc2n1. The number of rotatable bonds is 5. The monoisotopic (exact) mass is 367 g/mol. The van der Waals surface area contributed by atoms with Crippen LogP contribution in [0.15, 0.2) is 45.5 Å². The maximum Gasteiger partial charge on any atom is 0.297 e. The summed E-state index contributed by atoms with van der Waals surface area (Å²) >= 11 is 3.24. The molecule has 4 nitrogen and oxygen atoms in total. The van der Waals surface area contributed by atoms with Gasteiger partial charge in [-0.2, -0.15) is 0 Å². The summed E-state index contributed by atoms with van der Waals surface area (Å²) in [6.07, 6.45) is -2.08. The van der Waals surface area contributed by atoms with Crippen LogP contribution in [0.4, 0.5) is 14.6 Å². The van der Waals surface area contributed by atoms with Crippen molar-refractivity contribution >= 4 is 32.7 Å². The van der Waals surface area contributed by atoms with E-state index in [2.05, 4.69) is 31.2 Å². The van der Waals surface area contributed by atoms with Crippen molar-refractivity contribution < 1.29 is 13.2 Å². The number of nitrogens with zero attached hydrogens (tertiary/aromatic N) is 2. The maximum atomic E-state index is 12.9. The summed E-state index contributed by atoms with van der Waals surface area (Å²) < 4.78 is 31.8. The highest BCUT2D eigenvalue weighted by Crippen LogP contribution is 2.24. The van der Waals surface area contributed by atoms with Gasteiger partial charge in [-0.25, -0.2) is 18.7 Å². The topological polar surface area (TPSA) is 51.0 Å². The van der Waals surface area contributed by atoms with Crippen LogP contribution in [0.3, 0.4) is 0 Å². The van der Waals surface area contributed by atoms with Gasteiger partial charge in [0.05, 0.1) is 5.52 Å². The number of hydrogen-bond acceptors (Lipinski definition) is 4. The van der Waals surface area contributed by atoms with Gasteiger partial charge >= 0.3 is 0 Å². The molecule has 2 aromatic heterocycles. The number of alkyl halides is 2. The highest BCUT2D eigenvalue weighted by molar-refractivity contribution is 9.10. The molecule has 0 unspecified atom stereocenters. The van der Waals surface area contributed by atoms with Gasteiger partial charge in [0.25, 0.3) is 6.43 Å². The quantitative estimate of drug-likeness (QED) is 0.717. The van der Waals surface area contributed by atoms with E-state index in [0.717, 1.165) is 5.76 Å². The molecule has 2 heterocycles. The smallest absolute Gasteiger partial charge is 0.297 e. The Morgan fingerprint density at radius 3 is 2.68 bits per heavy atom. The number of para-hydroxylation sites is 1. The van der Waals surface area contributed by atoms with E-state index < -0.39 is 12.2 Å². The van der Waals surface area contributed by atoms with E-state index in [1.807, 2.05) is 18.2 Å². The van der Waals surface area contributed by atoms with Crippen molar-refractivity contribution in [3.8, 4) is 0 Å². The molecular weight excluding hydrogens is 356 g/mol. The van der Waals surface area contributed by atoms with Crippen LogP contribution in [0.25, 0.3) is 10.9 Å². The second kappa shape index (κ2) is 6.39. The van der Waals surface area contributed by atoms with Gasteiger partial charge in [-0.15, -0.1) is 0 Å². The van der Waals surface area contributed by atoms with Crippen molar-refractivity contribution in [1.82, 2.24) is 9.97 Å². The lowest BCUT2D eigenvalue weighted by molar-refractivity contribution is 0.141. The molecule has 114 valence electrons. The van der Waals surface area contributed by atoms with E-state index in [9.17, 15) is 8.78 Å². The molecule has 0 fully saturated rings. The van der Waals surface area contributed by atoms with Gasteiger partial charge in [-0.05, 0) is 40.2 Å². The minimum Gasteiger partial charge on any atom is -0.454 e. The molecule has 3 rings (SSSR count). The number of halogens is 3. The van der Waals surface area contributed by atoms with Crippen molar-refractivity contribution in [3.05, 3.63) is 52.7 Å². The first-order valence-electron chi connectivity index (χ1n) is 6.66. The third kappa shape index (κ3) is 3.24. The number of hydrogen-bond donors (Lipinski definition) is 1. The lowest BCUT2D eigenvalue weighted by Crippen LogP contribution is -2.09. The highest BCUT2D eigenvalue weighted by atomic mass is 79.9. The van der Waals surface area contributed by atoms with Crippen LogP contribution in [-0.2, 0) is 6.42 Å². The van der Waals surface area contributed by atoms with Crippen LogP contribution in [0.5, 0.6) is 0 Å². The number of nitrogens with one attached hydrogen (secondary N) is 1. The number of benzene rings is 1. The van der Waals surface area contributed by atoms with Gasteiger partial charge in [-0.1, -0.05) is 12.1 Å². The fraction of sp³-hybridized carbons (Fsp3) is 0.200. The van der Waals surface area contributed by atoms with E-state index in [4.69, 9.17) is 4.42 Å². The Morgan fingerprint density at radius 2 is 1.95 bits per heavy atom. The van der Waals surface area contributed by atoms with Crippen LogP contribution in [0.2, 0.25) is 0 Å². The first kappa shape index (κ1) is 14.9. The summed E-state index contributed by atoms with van der Waals surface area (Å²) in [5.41, 5.74) is 0.496. The molecule has 0 saturated heterocycles. The number of anilines is 1. The molecule has 0 amide bonds. The number of furan rings is 1. The summed E-state index contributed by atoms with van der Waals surface area (Å²) in [6.45, 7) is 0.517. The number of aromatic nitrogens is 2. The van der Waals surface area contributed by atoms with E-state index in [1.165, 1.54) is 0 Å². The molecule has 22 heavy (non-hydrogen) atoms. The Balaban J connectivity index is 1.82. The fourth-order valence-corrected chi connectivity index (χ4v) is 2.46.